The molecule has 0 spiro atoms. The van der Waals surface area contributed by atoms with Gasteiger partial charge in [0.2, 0.25) is 0 Å². The van der Waals surface area contributed by atoms with E-state index in [4.69, 9.17) is 9.84 Å². The minimum atomic E-state index is -1.01. The highest BCUT2D eigenvalue weighted by molar-refractivity contribution is 5.95. The molecule has 1 N–H and O–H groups in total. The molecule has 2 aromatic rings. The van der Waals surface area contributed by atoms with Crippen LogP contribution in [-0.2, 0) is 17.9 Å². The van der Waals surface area contributed by atoms with Crippen molar-refractivity contribution in [3.63, 3.8) is 0 Å². The number of aromatic nitrogens is 1. The number of carboxylic acid groups (broad SMARTS) is 1. The molecule has 2 rings (SSSR count). The van der Waals surface area contributed by atoms with Gasteiger partial charge in [-0.05, 0) is 44.5 Å². The normalized spacial score (nSPS) is 10.6. The third kappa shape index (κ3) is 4.41. The van der Waals surface area contributed by atoms with Crippen molar-refractivity contribution in [2.45, 2.75) is 33.9 Å². The van der Waals surface area contributed by atoms with Gasteiger partial charge < -0.3 is 19.3 Å². The first-order valence-electron chi connectivity index (χ1n) is 8.19. The van der Waals surface area contributed by atoms with Gasteiger partial charge in [-0.25, -0.2) is 4.79 Å². The molecule has 1 aromatic carbocycles. The molecular formula is C19H24N2O4. The van der Waals surface area contributed by atoms with Crippen LogP contribution in [0.15, 0.2) is 30.3 Å². The second-order valence-electron chi connectivity index (χ2n) is 6.02. The number of aryl methyl sites for hydroxylation is 1. The van der Waals surface area contributed by atoms with E-state index in [0.717, 1.165) is 29.1 Å². The first-order chi connectivity index (χ1) is 11.8. The highest BCUT2D eigenvalue weighted by atomic mass is 16.5. The molecule has 134 valence electrons. The average Bonchev–Trinajstić information content (AvgIpc) is 2.87. The van der Waals surface area contributed by atoms with Crippen molar-refractivity contribution in [3.05, 3.63) is 52.8 Å². The lowest BCUT2D eigenvalue weighted by Crippen LogP contribution is -2.26. The van der Waals surface area contributed by atoms with E-state index in [9.17, 15) is 9.59 Å². The number of carbonyl (C=O) groups excluding carboxylic acids is 1. The van der Waals surface area contributed by atoms with E-state index in [2.05, 4.69) is 11.5 Å². The molecule has 1 amide bonds. The summed E-state index contributed by atoms with van der Waals surface area (Å²) in [6.45, 7) is 6.96. The average molecular weight is 344 g/mol. The van der Waals surface area contributed by atoms with Crippen LogP contribution in [0.25, 0.3) is 0 Å². The fourth-order valence-electron chi connectivity index (χ4n) is 2.89. The summed E-state index contributed by atoms with van der Waals surface area (Å²) in [6.07, 6.45) is 0. The number of hydrogen-bond donors (Lipinski definition) is 1. The maximum absolute atomic E-state index is 12.7. The second-order valence-corrected chi connectivity index (χ2v) is 6.02. The fraction of sp³-hybridized carbons (Fsp3) is 0.368. The van der Waals surface area contributed by atoms with Crippen LogP contribution in [0.2, 0.25) is 0 Å². The third-order valence-corrected chi connectivity index (χ3v) is 4.17. The smallest absolute Gasteiger partial charge is 0.341 e. The minimum Gasteiger partial charge on any atom is -0.482 e. The number of hydrogen-bond acceptors (Lipinski definition) is 3. The molecule has 0 saturated heterocycles. The summed E-state index contributed by atoms with van der Waals surface area (Å²) in [7, 11) is 1.77. The quantitative estimate of drug-likeness (QED) is 0.838. The van der Waals surface area contributed by atoms with E-state index in [-0.39, 0.29) is 12.5 Å². The number of ether oxygens (including phenoxy) is 1. The van der Waals surface area contributed by atoms with E-state index in [1.54, 1.807) is 24.1 Å². The van der Waals surface area contributed by atoms with E-state index < -0.39 is 5.97 Å². The summed E-state index contributed by atoms with van der Waals surface area (Å²) in [4.78, 5) is 24.9. The zero-order valence-electron chi connectivity index (χ0n) is 15.1. The molecule has 0 bridgehead atoms. The Morgan fingerprint density at radius 1 is 1.20 bits per heavy atom. The summed E-state index contributed by atoms with van der Waals surface area (Å²) in [5.41, 5.74) is 3.73. The van der Waals surface area contributed by atoms with Gasteiger partial charge in [-0.3, -0.25) is 4.79 Å². The van der Waals surface area contributed by atoms with E-state index in [1.165, 1.54) is 0 Å². The number of carboxylic acids is 1. The summed E-state index contributed by atoms with van der Waals surface area (Å²) in [5, 5.41) is 8.61. The zero-order chi connectivity index (χ0) is 18.6. The molecule has 6 nitrogen and oxygen atoms in total. The van der Waals surface area contributed by atoms with Gasteiger partial charge >= 0.3 is 5.97 Å². The van der Waals surface area contributed by atoms with Crippen molar-refractivity contribution < 1.29 is 19.4 Å². The molecule has 1 heterocycles. The topological polar surface area (TPSA) is 71.8 Å². The van der Waals surface area contributed by atoms with Crippen LogP contribution in [0.4, 0.5) is 0 Å². The Morgan fingerprint density at radius 3 is 2.36 bits per heavy atom. The van der Waals surface area contributed by atoms with Gasteiger partial charge in [0.15, 0.2) is 6.61 Å². The largest absolute Gasteiger partial charge is 0.482 e. The Morgan fingerprint density at radius 2 is 1.84 bits per heavy atom. The lowest BCUT2D eigenvalue weighted by molar-refractivity contribution is -0.139. The first kappa shape index (κ1) is 18.6. The number of benzene rings is 1. The van der Waals surface area contributed by atoms with Crippen molar-refractivity contribution in [2.24, 2.45) is 0 Å². The summed E-state index contributed by atoms with van der Waals surface area (Å²) in [5.74, 6) is -0.537. The highest BCUT2D eigenvalue weighted by Gasteiger charge is 2.18. The van der Waals surface area contributed by atoms with E-state index in [1.807, 2.05) is 32.0 Å². The van der Waals surface area contributed by atoms with Crippen LogP contribution >= 0.6 is 0 Å². The summed E-state index contributed by atoms with van der Waals surface area (Å²) >= 11 is 0. The Balaban J connectivity index is 2.05. The van der Waals surface area contributed by atoms with Crippen LogP contribution in [0, 0.1) is 13.8 Å². The summed E-state index contributed by atoms with van der Waals surface area (Å²) in [6, 6.07) is 9.01. The molecule has 6 heteroatoms. The van der Waals surface area contributed by atoms with Gasteiger partial charge in [-0.15, -0.1) is 0 Å². The van der Waals surface area contributed by atoms with Gasteiger partial charge in [0.05, 0.1) is 5.56 Å². The molecule has 0 aliphatic rings. The van der Waals surface area contributed by atoms with Gasteiger partial charge in [-0.2, -0.15) is 0 Å². The van der Waals surface area contributed by atoms with Crippen molar-refractivity contribution >= 4 is 11.9 Å². The van der Waals surface area contributed by atoms with Gasteiger partial charge in [0, 0.05) is 31.5 Å². The van der Waals surface area contributed by atoms with Gasteiger partial charge in [-0.1, -0.05) is 12.1 Å². The van der Waals surface area contributed by atoms with Crippen molar-refractivity contribution in [1.29, 1.82) is 0 Å². The molecule has 0 atom stereocenters. The summed E-state index contributed by atoms with van der Waals surface area (Å²) < 4.78 is 7.23. The van der Waals surface area contributed by atoms with Crippen molar-refractivity contribution in [3.8, 4) is 5.75 Å². The number of aliphatic carboxylic acids is 1. The van der Waals surface area contributed by atoms with E-state index >= 15 is 0 Å². The number of carbonyl (C=O) groups is 2. The SMILES string of the molecule is CCn1c(C)cc(C(=O)N(C)Cc2ccc(OCC(=O)O)cc2)c1C. The Bertz CT molecular complexity index is 762. The molecular weight excluding hydrogens is 320 g/mol. The highest BCUT2D eigenvalue weighted by Crippen LogP contribution is 2.18. The van der Waals surface area contributed by atoms with Crippen molar-refractivity contribution in [1.82, 2.24) is 9.47 Å². The molecule has 1 aromatic heterocycles. The number of amides is 1. The molecule has 0 saturated carbocycles. The standard InChI is InChI=1S/C19H24N2O4/c1-5-21-13(2)10-17(14(21)3)19(24)20(4)11-15-6-8-16(9-7-15)25-12-18(22)23/h6-10H,5,11-12H2,1-4H3,(H,22,23). The maximum Gasteiger partial charge on any atom is 0.341 e. The van der Waals surface area contributed by atoms with Crippen LogP contribution < -0.4 is 4.74 Å². The molecule has 0 unspecified atom stereocenters. The predicted octanol–water partition coefficient (Wildman–Crippen LogP) is 2.86. The molecule has 0 aliphatic carbocycles. The molecule has 25 heavy (non-hydrogen) atoms. The molecule has 0 radical (unpaired) electrons. The van der Waals surface area contributed by atoms with Crippen LogP contribution in [0.1, 0.15) is 34.2 Å². The minimum absolute atomic E-state index is 0.0148. The predicted molar refractivity (Wildman–Crippen MR) is 95.0 cm³/mol. The monoisotopic (exact) mass is 344 g/mol. The number of rotatable bonds is 7. The molecule has 0 fully saturated rings. The lowest BCUT2D eigenvalue weighted by atomic mass is 10.1. The first-order valence-corrected chi connectivity index (χ1v) is 8.19. The van der Waals surface area contributed by atoms with Gasteiger partial charge in [0.1, 0.15) is 5.75 Å². The van der Waals surface area contributed by atoms with Crippen molar-refractivity contribution in [2.75, 3.05) is 13.7 Å². The van der Waals surface area contributed by atoms with E-state index in [0.29, 0.717) is 12.3 Å². The fourth-order valence-corrected chi connectivity index (χ4v) is 2.89. The Labute approximate surface area is 147 Å². The Hall–Kier alpha value is -2.76. The Kier molecular flexibility index (Phi) is 5.85. The lowest BCUT2D eigenvalue weighted by Gasteiger charge is -2.18. The van der Waals surface area contributed by atoms with Crippen LogP contribution in [0.3, 0.4) is 0 Å². The second kappa shape index (κ2) is 7.88. The van der Waals surface area contributed by atoms with Crippen LogP contribution in [-0.4, -0.2) is 40.1 Å². The molecule has 0 aliphatic heterocycles. The third-order valence-electron chi connectivity index (χ3n) is 4.17. The van der Waals surface area contributed by atoms with Gasteiger partial charge in [0.25, 0.3) is 5.91 Å². The maximum atomic E-state index is 12.7. The number of nitrogens with zero attached hydrogens (tertiary/aromatic N) is 2. The van der Waals surface area contributed by atoms with Crippen LogP contribution in [0.5, 0.6) is 5.75 Å². The zero-order valence-corrected chi connectivity index (χ0v) is 15.1.